The van der Waals surface area contributed by atoms with Gasteiger partial charge in [-0.05, 0) is 29.2 Å². The first-order valence-corrected chi connectivity index (χ1v) is 7.44. The summed E-state index contributed by atoms with van der Waals surface area (Å²) in [6.07, 6.45) is 1.75. The SMILES string of the molecule is CC[C@@H](Cc1ccc2ccccc2c1)C(=O)C(C)(C)C. The number of rotatable bonds is 4. The van der Waals surface area contributed by atoms with Gasteiger partial charge in [0.2, 0.25) is 0 Å². The van der Waals surface area contributed by atoms with Crippen molar-refractivity contribution in [2.45, 2.75) is 40.5 Å². The zero-order valence-corrected chi connectivity index (χ0v) is 12.9. The van der Waals surface area contributed by atoms with Crippen LogP contribution in [0.3, 0.4) is 0 Å². The van der Waals surface area contributed by atoms with E-state index in [0.29, 0.717) is 5.78 Å². The van der Waals surface area contributed by atoms with E-state index in [0.717, 1.165) is 12.8 Å². The maximum Gasteiger partial charge on any atom is 0.141 e. The normalized spacial score (nSPS) is 13.4. The van der Waals surface area contributed by atoms with Crippen molar-refractivity contribution < 1.29 is 4.79 Å². The van der Waals surface area contributed by atoms with Gasteiger partial charge in [-0.1, -0.05) is 70.2 Å². The number of Topliss-reactive ketones (excluding diaryl/α,β-unsaturated/α-hetero) is 1. The van der Waals surface area contributed by atoms with E-state index in [1.165, 1.54) is 16.3 Å². The van der Waals surface area contributed by atoms with Gasteiger partial charge in [0.05, 0.1) is 0 Å². The number of benzene rings is 2. The van der Waals surface area contributed by atoms with Gasteiger partial charge >= 0.3 is 0 Å². The van der Waals surface area contributed by atoms with Crippen molar-refractivity contribution in [1.82, 2.24) is 0 Å². The van der Waals surface area contributed by atoms with Crippen molar-refractivity contribution >= 4 is 16.6 Å². The number of hydrogen-bond donors (Lipinski definition) is 0. The average molecular weight is 268 g/mol. The van der Waals surface area contributed by atoms with Crippen molar-refractivity contribution in [3.8, 4) is 0 Å². The van der Waals surface area contributed by atoms with E-state index in [-0.39, 0.29) is 11.3 Å². The molecule has 1 heteroatoms. The van der Waals surface area contributed by atoms with Crippen LogP contribution in [0.5, 0.6) is 0 Å². The Hall–Kier alpha value is -1.63. The Morgan fingerprint density at radius 2 is 1.70 bits per heavy atom. The van der Waals surface area contributed by atoms with Gasteiger partial charge < -0.3 is 0 Å². The highest BCUT2D eigenvalue weighted by Gasteiger charge is 2.28. The van der Waals surface area contributed by atoms with Crippen molar-refractivity contribution in [3.63, 3.8) is 0 Å². The minimum atomic E-state index is -0.252. The fourth-order valence-corrected chi connectivity index (χ4v) is 2.69. The first kappa shape index (κ1) is 14.8. The summed E-state index contributed by atoms with van der Waals surface area (Å²) >= 11 is 0. The smallest absolute Gasteiger partial charge is 0.141 e. The monoisotopic (exact) mass is 268 g/mol. The quantitative estimate of drug-likeness (QED) is 0.760. The number of hydrogen-bond acceptors (Lipinski definition) is 1. The van der Waals surface area contributed by atoms with Crippen molar-refractivity contribution in [1.29, 1.82) is 0 Å². The molecule has 0 aliphatic rings. The molecule has 1 nitrogen and oxygen atoms in total. The Morgan fingerprint density at radius 3 is 2.30 bits per heavy atom. The van der Waals surface area contributed by atoms with Crippen LogP contribution in [0.1, 0.15) is 39.7 Å². The molecular formula is C19H24O. The molecular weight excluding hydrogens is 244 g/mol. The molecule has 0 unspecified atom stereocenters. The van der Waals surface area contributed by atoms with E-state index in [1.807, 2.05) is 20.8 Å². The van der Waals surface area contributed by atoms with E-state index in [1.54, 1.807) is 0 Å². The molecule has 0 radical (unpaired) electrons. The summed E-state index contributed by atoms with van der Waals surface area (Å²) in [7, 11) is 0. The summed E-state index contributed by atoms with van der Waals surface area (Å²) in [5.74, 6) is 0.490. The highest BCUT2D eigenvalue weighted by molar-refractivity contribution is 5.87. The Labute approximate surface area is 122 Å². The predicted octanol–water partition coefficient (Wildman–Crippen LogP) is 5.02. The van der Waals surface area contributed by atoms with Gasteiger partial charge in [-0.2, -0.15) is 0 Å². The summed E-state index contributed by atoms with van der Waals surface area (Å²) in [5, 5.41) is 2.51. The van der Waals surface area contributed by atoms with Crippen LogP contribution in [0.25, 0.3) is 10.8 Å². The van der Waals surface area contributed by atoms with Crippen LogP contribution in [0, 0.1) is 11.3 Å². The molecule has 0 fully saturated rings. The highest BCUT2D eigenvalue weighted by Crippen LogP contribution is 2.26. The molecule has 0 saturated carbocycles. The molecule has 106 valence electrons. The summed E-state index contributed by atoms with van der Waals surface area (Å²) < 4.78 is 0. The molecule has 0 bridgehead atoms. The number of carbonyl (C=O) groups excluding carboxylic acids is 1. The first-order chi connectivity index (χ1) is 9.41. The molecule has 20 heavy (non-hydrogen) atoms. The zero-order chi connectivity index (χ0) is 14.8. The molecule has 2 aromatic rings. The summed E-state index contributed by atoms with van der Waals surface area (Å²) in [4.78, 5) is 12.5. The third-order valence-corrected chi connectivity index (χ3v) is 3.90. The lowest BCUT2D eigenvalue weighted by Crippen LogP contribution is -2.29. The van der Waals surface area contributed by atoms with E-state index in [2.05, 4.69) is 49.4 Å². The van der Waals surface area contributed by atoms with Crippen molar-refractivity contribution in [2.75, 3.05) is 0 Å². The minimum Gasteiger partial charge on any atom is -0.299 e. The fraction of sp³-hybridized carbons (Fsp3) is 0.421. The molecule has 0 saturated heterocycles. The van der Waals surface area contributed by atoms with Gasteiger partial charge in [-0.3, -0.25) is 4.79 Å². The second kappa shape index (κ2) is 5.78. The standard InChI is InChI=1S/C19H24O/c1-5-15(18(20)19(2,3)4)12-14-10-11-16-8-6-7-9-17(16)13-14/h6-11,13,15H,5,12H2,1-4H3/t15-/m0/s1. The Balaban J connectivity index is 2.23. The Bertz CT molecular complexity index is 604. The lowest BCUT2D eigenvalue weighted by atomic mass is 9.79. The number of ketones is 1. The van der Waals surface area contributed by atoms with Crippen LogP contribution in [-0.4, -0.2) is 5.78 Å². The average Bonchev–Trinajstić information content (AvgIpc) is 2.43. The third-order valence-electron chi connectivity index (χ3n) is 3.90. The molecule has 0 aliphatic heterocycles. The third kappa shape index (κ3) is 3.27. The largest absolute Gasteiger partial charge is 0.299 e. The zero-order valence-electron chi connectivity index (χ0n) is 12.9. The summed E-state index contributed by atoms with van der Waals surface area (Å²) in [6.45, 7) is 8.14. The predicted molar refractivity (Wildman–Crippen MR) is 85.9 cm³/mol. The molecule has 0 aliphatic carbocycles. The second-order valence-corrected chi connectivity index (χ2v) is 6.61. The van der Waals surface area contributed by atoms with Gasteiger partial charge in [0.15, 0.2) is 0 Å². The summed E-state index contributed by atoms with van der Waals surface area (Å²) in [6, 6.07) is 14.9. The van der Waals surface area contributed by atoms with E-state index < -0.39 is 0 Å². The highest BCUT2D eigenvalue weighted by atomic mass is 16.1. The second-order valence-electron chi connectivity index (χ2n) is 6.61. The lowest BCUT2D eigenvalue weighted by Gasteiger charge is -2.24. The van der Waals surface area contributed by atoms with Gasteiger partial charge in [-0.25, -0.2) is 0 Å². The summed E-state index contributed by atoms with van der Waals surface area (Å²) in [5.41, 5.74) is 1.01. The molecule has 2 rings (SSSR count). The lowest BCUT2D eigenvalue weighted by molar-refractivity contribution is -0.130. The van der Waals surface area contributed by atoms with Crippen molar-refractivity contribution in [3.05, 3.63) is 48.0 Å². The Kier molecular flexibility index (Phi) is 4.27. The number of fused-ring (bicyclic) bond motifs is 1. The molecule has 0 spiro atoms. The van der Waals surface area contributed by atoms with Crippen LogP contribution in [0.2, 0.25) is 0 Å². The fourth-order valence-electron chi connectivity index (χ4n) is 2.69. The molecule has 0 amide bonds. The van der Waals surface area contributed by atoms with Gasteiger partial charge in [0.1, 0.15) is 5.78 Å². The van der Waals surface area contributed by atoms with Gasteiger partial charge in [0.25, 0.3) is 0 Å². The van der Waals surface area contributed by atoms with Crippen LogP contribution in [0.4, 0.5) is 0 Å². The van der Waals surface area contributed by atoms with Gasteiger partial charge in [0, 0.05) is 11.3 Å². The number of carbonyl (C=O) groups is 1. The first-order valence-electron chi connectivity index (χ1n) is 7.44. The minimum absolute atomic E-state index is 0.121. The van der Waals surface area contributed by atoms with Crippen LogP contribution in [-0.2, 0) is 11.2 Å². The van der Waals surface area contributed by atoms with Crippen LogP contribution in [0.15, 0.2) is 42.5 Å². The topological polar surface area (TPSA) is 17.1 Å². The van der Waals surface area contributed by atoms with Crippen LogP contribution >= 0.6 is 0 Å². The molecule has 0 N–H and O–H groups in total. The maximum absolute atomic E-state index is 12.5. The van der Waals surface area contributed by atoms with Gasteiger partial charge in [-0.15, -0.1) is 0 Å². The molecule has 1 atom stereocenters. The Morgan fingerprint density at radius 1 is 1.05 bits per heavy atom. The maximum atomic E-state index is 12.5. The molecule has 0 heterocycles. The molecule has 2 aromatic carbocycles. The van der Waals surface area contributed by atoms with E-state index >= 15 is 0 Å². The van der Waals surface area contributed by atoms with Crippen LogP contribution < -0.4 is 0 Å². The van der Waals surface area contributed by atoms with Crippen molar-refractivity contribution in [2.24, 2.45) is 11.3 Å². The molecule has 0 aromatic heterocycles. The van der Waals surface area contributed by atoms with E-state index in [9.17, 15) is 4.79 Å². The van der Waals surface area contributed by atoms with E-state index in [4.69, 9.17) is 0 Å².